The summed E-state index contributed by atoms with van der Waals surface area (Å²) in [6, 6.07) is 8.82. The van der Waals surface area contributed by atoms with Crippen molar-refractivity contribution in [1.29, 1.82) is 5.26 Å². The predicted octanol–water partition coefficient (Wildman–Crippen LogP) is 5.68. The largest absolute Gasteiger partial charge is 0.355 e. The molecule has 1 atom stereocenters. The van der Waals surface area contributed by atoms with Crippen LogP contribution < -0.4 is 10.6 Å². The van der Waals surface area contributed by atoms with Crippen molar-refractivity contribution in [3.63, 3.8) is 0 Å². The number of nitriles is 1. The van der Waals surface area contributed by atoms with Gasteiger partial charge < -0.3 is 20.1 Å². The lowest BCUT2D eigenvalue weighted by atomic mass is 9.96. The van der Waals surface area contributed by atoms with Gasteiger partial charge in [0.05, 0.1) is 23.4 Å². The smallest absolute Gasteiger partial charge is 0.322 e. The molecule has 0 aliphatic carbocycles. The Kier molecular flexibility index (Phi) is 9.96. The van der Waals surface area contributed by atoms with E-state index in [4.69, 9.17) is 11.6 Å². The van der Waals surface area contributed by atoms with Crippen molar-refractivity contribution in [3.8, 4) is 6.07 Å². The third-order valence-corrected chi connectivity index (χ3v) is 5.74. The first-order chi connectivity index (χ1) is 16.4. The van der Waals surface area contributed by atoms with Gasteiger partial charge in [-0.15, -0.1) is 6.58 Å². The molecule has 3 amide bonds. The second-order valence-electron chi connectivity index (χ2n) is 7.44. The Balaban J connectivity index is 0.00000199. The maximum Gasteiger partial charge on any atom is 0.322 e. The molecule has 34 heavy (non-hydrogen) atoms. The molecule has 180 valence electrons. The number of rotatable bonds is 6. The molecule has 1 aliphatic heterocycles. The van der Waals surface area contributed by atoms with E-state index in [0.717, 1.165) is 5.69 Å². The molecule has 2 N–H and O–H groups in total. The van der Waals surface area contributed by atoms with Crippen molar-refractivity contribution in [2.24, 2.45) is 0 Å². The molecule has 0 saturated heterocycles. The third-order valence-electron chi connectivity index (χ3n) is 5.49. The summed E-state index contributed by atoms with van der Waals surface area (Å²) in [5.74, 6) is -0.423. The van der Waals surface area contributed by atoms with Gasteiger partial charge in [-0.3, -0.25) is 4.79 Å². The van der Waals surface area contributed by atoms with E-state index in [9.17, 15) is 14.9 Å². The lowest BCUT2D eigenvalue weighted by molar-refractivity contribution is 0.0959. The Morgan fingerprint density at radius 1 is 1.26 bits per heavy atom. The molecule has 8 heteroatoms. The normalized spacial score (nSPS) is 13.2. The molecule has 1 aromatic carbocycles. The number of fused-ring (bicyclic) bond motifs is 1. The SMILES string of the molecule is C=CCC(/C=C\C)c1c(C#N)c(C(=O)NC)c2n1CCN(C(=O)Nc1ccc(Cl)cc1)C2.CC. The Morgan fingerprint density at radius 2 is 1.94 bits per heavy atom. The number of urea groups is 1. The quantitative estimate of drug-likeness (QED) is 0.520. The highest BCUT2D eigenvalue weighted by Gasteiger charge is 2.34. The fourth-order valence-electron chi connectivity index (χ4n) is 4.06. The minimum atomic E-state index is -0.339. The van der Waals surface area contributed by atoms with Gasteiger partial charge in [-0.05, 0) is 37.6 Å². The van der Waals surface area contributed by atoms with Gasteiger partial charge in [-0.2, -0.15) is 5.26 Å². The molecule has 0 fully saturated rings. The van der Waals surface area contributed by atoms with E-state index in [2.05, 4.69) is 23.3 Å². The Morgan fingerprint density at radius 3 is 2.50 bits per heavy atom. The van der Waals surface area contributed by atoms with E-state index in [1.54, 1.807) is 35.2 Å². The standard InChI is InChI=1S/C24H26ClN5O2.C2H6/c1-4-6-16(7-5-2)22-19(14-26)21(23(31)27-3)20-15-29(12-13-30(20)22)24(32)28-18-10-8-17(25)9-11-18;1-2/h4-5,7-11,16H,1,6,12-13,15H2,2-3H3,(H,27,31)(H,28,32);1-2H3/b7-5-;. The molecule has 2 heterocycles. The summed E-state index contributed by atoms with van der Waals surface area (Å²) in [5, 5.41) is 16.1. The highest BCUT2D eigenvalue weighted by atomic mass is 35.5. The van der Waals surface area contributed by atoms with E-state index in [1.807, 2.05) is 37.5 Å². The van der Waals surface area contributed by atoms with Gasteiger partial charge in [-0.25, -0.2) is 4.79 Å². The van der Waals surface area contributed by atoms with Crippen molar-refractivity contribution in [3.05, 3.63) is 76.6 Å². The van der Waals surface area contributed by atoms with Crippen molar-refractivity contribution in [2.75, 3.05) is 18.9 Å². The summed E-state index contributed by atoms with van der Waals surface area (Å²) in [6.45, 7) is 10.9. The lowest BCUT2D eigenvalue weighted by Crippen LogP contribution is -2.41. The molecular weight excluding hydrogens is 450 g/mol. The number of nitrogens with one attached hydrogen (secondary N) is 2. The van der Waals surface area contributed by atoms with Crippen LogP contribution in [0.15, 0.2) is 49.1 Å². The molecule has 2 aromatic rings. The van der Waals surface area contributed by atoms with Gasteiger partial charge in [0.1, 0.15) is 6.07 Å². The number of anilines is 1. The summed E-state index contributed by atoms with van der Waals surface area (Å²) < 4.78 is 2.02. The summed E-state index contributed by atoms with van der Waals surface area (Å²) in [6.07, 6.45) is 6.39. The maximum absolute atomic E-state index is 12.9. The van der Waals surface area contributed by atoms with Crippen LogP contribution in [-0.2, 0) is 13.1 Å². The van der Waals surface area contributed by atoms with Crippen LogP contribution in [-0.4, -0.2) is 35.0 Å². The minimum Gasteiger partial charge on any atom is -0.355 e. The monoisotopic (exact) mass is 481 g/mol. The molecule has 0 spiro atoms. The number of carbonyl (C=O) groups is 2. The van der Waals surface area contributed by atoms with Crippen LogP contribution in [0.2, 0.25) is 5.02 Å². The molecule has 0 bridgehead atoms. The van der Waals surface area contributed by atoms with E-state index >= 15 is 0 Å². The van der Waals surface area contributed by atoms with E-state index in [1.165, 1.54) is 7.05 Å². The Bertz CT molecular complexity index is 1100. The number of benzene rings is 1. The van der Waals surface area contributed by atoms with Crippen molar-refractivity contribution in [1.82, 2.24) is 14.8 Å². The van der Waals surface area contributed by atoms with Gasteiger partial charge >= 0.3 is 6.03 Å². The van der Waals surface area contributed by atoms with Gasteiger partial charge in [0.25, 0.3) is 5.91 Å². The molecule has 1 unspecified atom stereocenters. The zero-order chi connectivity index (χ0) is 25.3. The highest BCUT2D eigenvalue weighted by molar-refractivity contribution is 6.30. The number of aromatic nitrogens is 1. The van der Waals surface area contributed by atoms with Crippen LogP contribution in [0, 0.1) is 11.3 Å². The Hall–Kier alpha value is -3.50. The van der Waals surface area contributed by atoms with Gasteiger partial charge in [0.2, 0.25) is 0 Å². The molecule has 0 radical (unpaired) electrons. The molecule has 1 aromatic heterocycles. The summed E-state index contributed by atoms with van der Waals surface area (Å²) in [4.78, 5) is 27.3. The highest BCUT2D eigenvalue weighted by Crippen LogP contribution is 2.34. The zero-order valence-electron chi connectivity index (χ0n) is 20.2. The fraction of sp³-hybridized carbons (Fsp3) is 0.346. The number of amides is 3. The molecule has 1 aliphatic rings. The molecule has 7 nitrogen and oxygen atoms in total. The number of halogens is 1. The second-order valence-corrected chi connectivity index (χ2v) is 7.88. The first-order valence-corrected chi connectivity index (χ1v) is 11.8. The number of nitrogens with zero attached hydrogens (tertiary/aromatic N) is 3. The molecular formula is C26H32ClN5O2. The fourth-order valence-corrected chi connectivity index (χ4v) is 4.18. The van der Waals surface area contributed by atoms with Gasteiger partial charge in [0.15, 0.2) is 0 Å². The number of allylic oxidation sites excluding steroid dienone is 3. The topological polar surface area (TPSA) is 90.2 Å². The first-order valence-electron chi connectivity index (χ1n) is 11.4. The number of hydrogen-bond donors (Lipinski definition) is 2. The van der Waals surface area contributed by atoms with Gasteiger partial charge in [-0.1, -0.05) is 43.7 Å². The van der Waals surface area contributed by atoms with Crippen LogP contribution in [0.5, 0.6) is 0 Å². The van der Waals surface area contributed by atoms with E-state index in [-0.39, 0.29) is 24.4 Å². The van der Waals surface area contributed by atoms with Gasteiger partial charge in [0, 0.05) is 42.5 Å². The summed E-state index contributed by atoms with van der Waals surface area (Å²) in [7, 11) is 1.54. The Labute approximate surface area is 206 Å². The predicted molar refractivity (Wildman–Crippen MR) is 137 cm³/mol. The van der Waals surface area contributed by atoms with Crippen molar-refractivity contribution < 1.29 is 9.59 Å². The average Bonchev–Trinajstić information content (AvgIpc) is 3.19. The first kappa shape index (κ1) is 26.7. The van der Waals surface area contributed by atoms with Crippen LogP contribution in [0.25, 0.3) is 0 Å². The summed E-state index contributed by atoms with van der Waals surface area (Å²) in [5.41, 5.74) is 2.75. The molecule has 0 saturated carbocycles. The van der Waals surface area contributed by atoms with Crippen LogP contribution >= 0.6 is 11.6 Å². The van der Waals surface area contributed by atoms with Crippen molar-refractivity contribution in [2.45, 2.75) is 46.2 Å². The average molecular weight is 482 g/mol. The third kappa shape index (κ3) is 5.70. The summed E-state index contributed by atoms with van der Waals surface area (Å²) >= 11 is 5.91. The maximum atomic E-state index is 12.9. The number of carbonyl (C=O) groups excluding carboxylic acids is 2. The minimum absolute atomic E-state index is 0.0845. The van der Waals surface area contributed by atoms with Crippen LogP contribution in [0.4, 0.5) is 10.5 Å². The van der Waals surface area contributed by atoms with Crippen LogP contribution in [0.1, 0.15) is 60.4 Å². The van der Waals surface area contributed by atoms with E-state index in [0.29, 0.717) is 47.0 Å². The van der Waals surface area contributed by atoms with Crippen molar-refractivity contribution >= 4 is 29.2 Å². The zero-order valence-corrected chi connectivity index (χ0v) is 20.9. The molecule has 3 rings (SSSR count). The second kappa shape index (κ2) is 12.7. The van der Waals surface area contributed by atoms with E-state index < -0.39 is 0 Å². The van der Waals surface area contributed by atoms with Crippen LogP contribution in [0.3, 0.4) is 0 Å². The number of hydrogen-bond acceptors (Lipinski definition) is 3. The lowest BCUT2D eigenvalue weighted by Gasteiger charge is -2.31.